The number of aryl methyl sites for hydroxylation is 1. The number of amides is 1. The molecule has 8 nitrogen and oxygen atoms in total. The van der Waals surface area contributed by atoms with Crippen molar-refractivity contribution in [3.63, 3.8) is 0 Å². The molecule has 1 atom stereocenters. The van der Waals surface area contributed by atoms with E-state index < -0.39 is 0 Å². The zero-order chi connectivity index (χ0) is 19.2. The molecule has 1 aliphatic heterocycles. The molecule has 1 amide bonds. The van der Waals surface area contributed by atoms with Crippen molar-refractivity contribution >= 4 is 33.3 Å². The number of rotatable bonds is 7. The van der Waals surface area contributed by atoms with Crippen LogP contribution in [-0.2, 0) is 11.2 Å². The van der Waals surface area contributed by atoms with Gasteiger partial charge in [0.1, 0.15) is 0 Å². The monoisotopic (exact) mass is 395 g/mol. The fourth-order valence-corrected chi connectivity index (χ4v) is 3.88. The number of anilines is 3. The van der Waals surface area contributed by atoms with Crippen molar-refractivity contribution < 1.29 is 4.79 Å². The van der Waals surface area contributed by atoms with Gasteiger partial charge in [-0.15, -0.1) is 15.3 Å². The van der Waals surface area contributed by atoms with E-state index in [1.807, 2.05) is 42.5 Å². The largest absolute Gasteiger partial charge is 0.355 e. The van der Waals surface area contributed by atoms with Crippen molar-refractivity contribution in [1.82, 2.24) is 20.4 Å². The predicted octanol–water partition coefficient (Wildman–Crippen LogP) is 2.59. The molecule has 3 heterocycles. The highest BCUT2D eigenvalue weighted by Gasteiger charge is 2.24. The quantitative estimate of drug-likeness (QED) is 0.635. The van der Waals surface area contributed by atoms with Crippen LogP contribution in [0.5, 0.6) is 0 Å². The van der Waals surface area contributed by atoms with Gasteiger partial charge in [-0.3, -0.25) is 4.79 Å². The number of carbonyl (C=O) groups excluding carboxylic acids is 1. The molecule has 3 aromatic rings. The molecule has 4 rings (SSSR count). The Morgan fingerprint density at radius 3 is 2.79 bits per heavy atom. The maximum atomic E-state index is 12.1. The second kappa shape index (κ2) is 8.75. The van der Waals surface area contributed by atoms with Crippen LogP contribution < -0.4 is 15.5 Å². The summed E-state index contributed by atoms with van der Waals surface area (Å²) in [5.74, 6) is 0.830. The number of nitrogens with one attached hydrogen (secondary N) is 2. The number of hydrogen-bond acceptors (Lipinski definition) is 8. The van der Waals surface area contributed by atoms with Crippen LogP contribution in [0.1, 0.15) is 18.4 Å². The zero-order valence-corrected chi connectivity index (χ0v) is 16.1. The maximum absolute atomic E-state index is 12.1. The normalized spacial score (nSPS) is 16.1. The highest BCUT2D eigenvalue weighted by Crippen LogP contribution is 2.24. The van der Waals surface area contributed by atoms with Crippen molar-refractivity contribution in [2.45, 2.75) is 25.3 Å². The molecule has 2 N–H and O–H groups in total. The van der Waals surface area contributed by atoms with Crippen molar-refractivity contribution in [2.24, 2.45) is 0 Å². The molecule has 0 bridgehead atoms. The van der Waals surface area contributed by atoms with Gasteiger partial charge in [0.15, 0.2) is 5.82 Å². The molecular formula is C19H21N7OS. The minimum atomic E-state index is -0.0544. The fourth-order valence-electron chi connectivity index (χ4n) is 3.14. The van der Waals surface area contributed by atoms with E-state index in [0.717, 1.165) is 30.9 Å². The molecule has 1 saturated heterocycles. The first kappa shape index (κ1) is 18.3. The highest BCUT2D eigenvalue weighted by molar-refractivity contribution is 7.19. The number of aromatic nitrogens is 4. The van der Waals surface area contributed by atoms with Gasteiger partial charge >= 0.3 is 0 Å². The third-order valence-electron chi connectivity index (χ3n) is 4.55. The van der Waals surface area contributed by atoms with Gasteiger partial charge in [-0.1, -0.05) is 41.7 Å². The number of hydrogen-bond donors (Lipinski definition) is 2. The van der Waals surface area contributed by atoms with Gasteiger partial charge in [-0.2, -0.15) is 5.10 Å². The van der Waals surface area contributed by atoms with E-state index in [-0.39, 0.29) is 11.9 Å². The van der Waals surface area contributed by atoms with E-state index in [2.05, 4.69) is 35.9 Å². The van der Waals surface area contributed by atoms with Crippen LogP contribution in [0.4, 0.5) is 16.1 Å². The standard InChI is InChI=1S/C19H21N7OS/c27-17(9-8-14-5-2-1-3-6-14)22-19-25-24-18(28-19)21-15-10-12-26(13-15)16-7-4-11-20-23-16/h1-7,11,15H,8-10,12-13H2,(H,21,24)(H,22,25,27)/t15-/m1/s1. The first-order chi connectivity index (χ1) is 13.8. The molecule has 144 valence electrons. The summed E-state index contributed by atoms with van der Waals surface area (Å²) in [5, 5.41) is 23.8. The van der Waals surface area contributed by atoms with Crippen LogP contribution in [0.25, 0.3) is 0 Å². The third kappa shape index (κ3) is 4.80. The van der Waals surface area contributed by atoms with Crippen LogP contribution in [0, 0.1) is 0 Å². The minimum Gasteiger partial charge on any atom is -0.355 e. The smallest absolute Gasteiger partial charge is 0.226 e. The summed E-state index contributed by atoms with van der Waals surface area (Å²) in [7, 11) is 0. The Kier molecular flexibility index (Phi) is 5.72. The summed E-state index contributed by atoms with van der Waals surface area (Å²) in [4.78, 5) is 14.3. The molecule has 0 unspecified atom stereocenters. The number of nitrogens with zero attached hydrogens (tertiary/aromatic N) is 5. The van der Waals surface area contributed by atoms with Crippen molar-refractivity contribution in [3.8, 4) is 0 Å². The van der Waals surface area contributed by atoms with E-state index in [9.17, 15) is 4.79 Å². The molecule has 1 aromatic carbocycles. The molecular weight excluding hydrogens is 374 g/mol. The summed E-state index contributed by atoms with van der Waals surface area (Å²) in [6.45, 7) is 1.75. The lowest BCUT2D eigenvalue weighted by atomic mass is 10.1. The summed E-state index contributed by atoms with van der Waals surface area (Å²) in [5.41, 5.74) is 1.14. The lowest BCUT2D eigenvalue weighted by Crippen LogP contribution is -2.26. The van der Waals surface area contributed by atoms with E-state index in [4.69, 9.17) is 0 Å². The summed E-state index contributed by atoms with van der Waals surface area (Å²) >= 11 is 1.35. The summed E-state index contributed by atoms with van der Waals surface area (Å²) in [6, 6.07) is 14.1. The van der Waals surface area contributed by atoms with Crippen LogP contribution >= 0.6 is 11.3 Å². The van der Waals surface area contributed by atoms with Gasteiger partial charge in [-0.05, 0) is 30.5 Å². The summed E-state index contributed by atoms with van der Waals surface area (Å²) in [6.07, 6.45) is 3.78. The Bertz CT molecular complexity index is 903. The molecule has 28 heavy (non-hydrogen) atoms. The van der Waals surface area contributed by atoms with E-state index >= 15 is 0 Å². The number of carbonyl (C=O) groups is 1. The maximum Gasteiger partial charge on any atom is 0.226 e. The number of benzene rings is 1. The zero-order valence-electron chi connectivity index (χ0n) is 15.3. The third-order valence-corrected chi connectivity index (χ3v) is 5.32. The average Bonchev–Trinajstić information content (AvgIpc) is 3.38. The molecule has 0 saturated carbocycles. The van der Waals surface area contributed by atoms with Crippen molar-refractivity contribution in [2.75, 3.05) is 28.6 Å². The van der Waals surface area contributed by atoms with Crippen LogP contribution in [-0.4, -0.2) is 45.4 Å². The predicted molar refractivity (Wildman–Crippen MR) is 110 cm³/mol. The lowest BCUT2D eigenvalue weighted by molar-refractivity contribution is -0.116. The second-order valence-corrected chi connectivity index (χ2v) is 7.58. The van der Waals surface area contributed by atoms with Crippen LogP contribution in [0.3, 0.4) is 0 Å². The molecule has 1 aliphatic rings. The van der Waals surface area contributed by atoms with E-state index in [1.165, 1.54) is 11.3 Å². The molecule has 0 aliphatic carbocycles. The molecule has 1 fully saturated rings. The average molecular weight is 395 g/mol. The fraction of sp³-hybridized carbons (Fsp3) is 0.316. The Hall–Kier alpha value is -3.07. The Morgan fingerprint density at radius 2 is 1.96 bits per heavy atom. The lowest BCUT2D eigenvalue weighted by Gasteiger charge is -2.16. The molecule has 2 aromatic heterocycles. The Morgan fingerprint density at radius 1 is 1.11 bits per heavy atom. The SMILES string of the molecule is O=C(CCc1ccccc1)Nc1nnc(N[C@@H]2CCN(c3cccnn3)C2)s1. The van der Waals surface area contributed by atoms with Gasteiger partial charge in [0, 0.05) is 31.7 Å². The summed E-state index contributed by atoms with van der Waals surface area (Å²) < 4.78 is 0. The van der Waals surface area contributed by atoms with Gasteiger partial charge < -0.3 is 15.5 Å². The van der Waals surface area contributed by atoms with Crippen LogP contribution in [0.2, 0.25) is 0 Å². The van der Waals surface area contributed by atoms with Crippen LogP contribution in [0.15, 0.2) is 48.7 Å². The van der Waals surface area contributed by atoms with E-state index in [1.54, 1.807) is 6.20 Å². The Balaban J connectivity index is 1.25. The Labute approximate surface area is 167 Å². The van der Waals surface area contributed by atoms with Gasteiger partial charge in [0.05, 0.1) is 0 Å². The molecule has 0 spiro atoms. The van der Waals surface area contributed by atoms with Gasteiger partial charge in [-0.25, -0.2) is 0 Å². The minimum absolute atomic E-state index is 0.0544. The molecule has 0 radical (unpaired) electrons. The van der Waals surface area contributed by atoms with E-state index in [0.29, 0.717) is 23.1 Å². The van der Waals surface area contributed by atoms with Crippen molar-refractivity contribution in [1.29, 1.82) is 0 Å². The van der Waals surface area contributed by atoms with Gasteiger partial charge in [0.25, 0.3) is 0 Å². The van der Waals surface area contributed by atoms with Gasteiger partial charge in [0.2, 0.25) is 16.2 Å². The first-order valence-electron chi connectivity index (χ1n) is 9.23. The first-order valence-corrected chi connectivity index (χ1v) is 10.0. The van der Waals surface area contributed by atoms with Crippen molar-refractivity contribution in [3.05, 3.63) is 54.2 Å². The highest BCUT2D eigenvalue weighted by atomic mass is 32.1. The molecule has 9 heteroatoms. The topological polar surface area (TPSA) is 95.9 Å². The second-order valence-electron chi connectivity index (χ2n) is 6.60.